The second kappa shape index (κ2) is 7.87. The van der Waals surface area contributed by atoms with Crippen molar-refractivity contribution < 1.29 is 9.84 Å². The van der Waals surface area contributed by atoms with Crippen LogP contribution in [-0.2, 0) is 6.42 Å². The standard InChI is InChI=1S/C15H20ClN3O2S/c1-15(2,8-12-4-3-7-22-12)18-9-11(20)10-21-13-5-6-17-14(16)19-13/h3-7,11,18,20H,8-10H2,1-2H3. The van der Waals surface area contributed by atoms with Crippen molar-refractivity contribution in [1.82, 2.24) is 15.3 Å². The number of hydrogen-bond acceptors (Lipinski definition) is 6. The van der Waals surface area contributed by atoms with E-state index in [9.17, 15) is 5.11 Å². The molecule has 2 rings (SSSR count). The Morgan fingerprint density at radius 1 is 1.45 bits per heavy atom. The molecule has 0 aromatic carbocycles. The molecule has 22 heavy (non-hydrogen) atoms. The van der Waals surface area contributed by atoms with Gasteiger partial charge in [0.1, 0.15) is 12.7 Å². The van der Waals surface area contributed by atoms with Crippen LogP contribution in [0.3, 0.4) is 0 Å². The molecule has 0 aliphatic heterocycles. The van der Waals surface area contributed by atoms with Crippen LogP contribution in [0.25, 0.3) is 0 Å². The maximum Gasteiger partial charge on any atom is 0.225 e. The number of β-amino-alcohol motifs (C(OH)–C–C–N with tert-alkyl or cyclic N) is 1. The zero-order valence-electron chi connectivity index (χ0n) is 12.6. The molecule has 5 nitrogen and oxygen atoms in total. The van der Waals surface area contributed by atoms with Gasteiger partial charge in [-0.25, -0.2) is 4.98 Å². The first-order valence-electron chi connectivity index (χ1n) is 7.01. The lowest BCUT2D eigenvalue weighted by atomic mass is 9.99. The van der Waals surface area contributed by atoms with Crippen molar-refractivity contribution in [3.63, 3.8) is 0 Å². The van der Waals surface area contributed by atoms with E-state index in [2.05, 4.69) is 40.6 Å². The Morgan fingerprint density at radius 3 is 2.95 bits per heavy atom. The molecule has 0 aliphatic carbocycles. The van der Waals surface area contributed by atoms with Gasteiger partial charge in [0, 0.05) is 29.2 Å². The summed E-state index contributed by atoms with van der Waals surface area (Å²) in [5.74, 6) is 0.358. The van der Waals surface area contributed by atoms with Crippen LogP contribution >= 0.6 is 22.9 Å². The van der Waals surface area contributed by atoms with Crippen molar-refractivity contribution in [2.75, 3.05) is 13.2 Å². The Balaban J connectivity index is 1.73. The van der Waals surface area contributed by atoms with Crippen LogP contribution in [0, 0.1) is 0 Å². The number of halogens is 1. The fraction of sp³-hybridized carbons (Fsp3) is 0.467. The Kier molecular flexibility index (Phi) is 6.14. The lowest BCUT2D eigenvalue weighted by Crippen LogP contribution is -2.46. The molecule has 1 unspecified atom stereocenters. The van der Waals surface area contributed by atoms with Crippen LogP contribution < -0.4 is 10.1 Å². The fourth-order valence-electron chi connectivity index (χ4n) is 1.95. The van der Waals surface area contributed by atoms with Crippen molar-refractivity contribution in [1.29, 1.82) is 0 Å². The Labute approximate surface area is 139 Å². The van der Waals surface area contributed by atoms with Gasteiger partial charge < -0.3 is 15.2 Å². The van der Waals surface area contributed by atoms with E-state index in [1.165, 1.54) is 11.1 Å². The number of aliphatic hydroxyl groups excluding tert-OH is 1. The summed E-state index contributed by atoms with van der Waals surface area (Å²) >= 11 is 7.41. The molecule has 2 aromatic heterocycles. The Morgan fingerprint density at radius 2 is 2.27 bits per heavy atom. The Bertz CT molecular complexity index is 578. The lowest BCUT2D eigenvalue weighted by Gasteiger charge is -2.27. The summed E-state index contributed by atoms with van der Waals surface area (Å²) in [7, 11) is 0. The third-order valence-electron chi connectivity index (χ3n) is 3.04. The van der Waals surface area contributed by atoms with Gasteiger partial charge in [-0.2, -0.15) is 4.98 Å². The number of thiophene rings is 1. The van der Waals surface area contributed by atoms with Gasteiger partial charge in [-0.1, -0.05) is 6.07 Å². The molecule has 120 valence electrons. The molecule has 0 fully saturated rings. The van der Waals surface area contributed by atoms with Crippen molar-refractivity contribution in [2.45, 2.75) is 31.9 Å². The van der Waals surface area contributed by atoms with Crippen LogP contribution in [0.15, 0.2) is 29.8 Å². The molecule has 0 spiro atoms. The molecular weight excluding hydrogens is 322 g/mol. The monoisotopic (exact) mass is 341 g/mol. The van der Waals surface area contributed by atoms with Crippen LogP contribution in [-0.4, -0.2) is 39.9 Å². The van der Waals surface area contributed by atoms with Crippen LogP contribution in [0.4, 0.5) is 0 Å². The smallest absolute Gasteiger partial charge is 0.225 e. The fourth-order valence-corrected chi connectivity index (χ4v) is 3.02. The first-order chi connectivity index (χ1) is 10.4. The minimum Gasteiger partial charge on any atom is -0.475 e. The van der Waals surface area contributed by atoms with Gasteiger partial charge in [-0.05, 0) is 43.3 Å². The van der Waals surface area contributed by atoms with E-state index >= 15 is 0 Å². The third kappa shape index (κ3) is 5.88. The van der Waals surface area contributed by atoms with Gasteiger partial charge in [-0.15, -0.1) is 11.3 Å². The van der Waals surface area contributed by atoms with E-state index in [0.717, 1.165) is 6.42 Å². The summed E-state index contributed by atoms with van der Waals surface area (Å²) in [6.45, 7) is 4.82. The highest BCUT2D eigenvalue weighted by Gasteiger charge is 2.20. The molecular formula is C15H20ClN3O2S. The number of aromatic nitrogens is 2. The normalized spacial score (nSPS) is 13.1. The zero-order valence-corrected chi connectivity index (χ0v) is 14.2. The second-order valence-electron chi connectivity index (χ2n) is 5.65. The minimum atomic E-state index is -0.628. The van der Waals surface area contributed by atoms with Crippen molar-refractivity contribution in [2.24, 2.45) is 0 Å². The van der Waals surface area contributed by atoms with Crippen molar-refractivity contribution in [3.8, 4) is 5.88 Å². The maximum atomic E-state index is 10.0. The van der Waals surface area contributed by atoms with E-state index in [1.54, 1.807) is 17.4 Å². The van der Waals surface area contributed by atoms with Gasteiger partial charge >= 0.3 is 0 Å². The molecule has 0 radical (unpaired) electrons. The average molecular weight is 342 g/mol. The molecule has 2 N–H and O–H groups in total. The average Bonchev–Trinajstić information content (AvgIpc) is 2.95. The second-order valence-corrected chi connectivity index (χ2v) is 7.02. The number of ether oxygens (including phenoxy) is 1. The van der Waals surface area contributed by atoms with Crippen molar-refractivity contribution in [3.05, 3.63) is 39.9 Å². The van der Waals surface area contributed by atoms with Crippen molar-refractivity contribution >= 4 is 22.9 Å². The zero-order chi connectivity index (χ0) is 16.0. The number of nitrogens with one attached hydrogen (secondary N) is 1. The predicted octanol–water partition coefficient (Wildman–Crippen LogP) is 2.54. The van der Waals surface area contributed by atoms with Gasteiger partial charge in [0.15, 0.2) is 0 Å². The first kappa shape index (κ1) is 17.1. The summed E-state index contributed by atoms with van der Waals surface area (Å²) in [5.41, 5.74) is -0.0932. The van der Waals surface area contributed by atoms with Crippen LogP contribution in [0.1, 0.15) is 18.7 Å². The topological polar surface area (TPSA) is 67.3 Å². The van der Waals surface area contributed by atoms with E-state index < -0.39 is 6.10 Å². The van der Waals surface area contributed by atoms with E-state index in [4.69, 9.17) is 16.3 Å². The quantitative estimate of drug-likeness (QED) is 0.722. The van der Waals surface area contributed by atoms with Crippen LogP contribution in [0.5, 0.6) is 5.88 Å². The van der Waals surface area contributed by atoms with Gasteiger partial charge in [0.2, 0.25) is 11.2 Å². The summed E-state index contributed by atoms with van der Waals surface area (Å²) in [4.78, 5) is 9.00. The maximum absolute atomic E-state index is 10.0. The largest absolute Gasteiger partial charge is 0.475 e. The molecule has 2 heterocycles. The molecule has 0 saturated heterocycles. The number of nitrogens with zero attached hydrogens (tertiary/aromatic N) is 2. The molecule has 0 saturated carbocycles. The highest BCUT2D eigenvalue weighted by molar-refractivity contribution is 7.09. The first-order valence-corrected chi connectivity index (χ1v) is 8.27. The number of aliphatic hydroxyl groups is 1. The van der Waals surface area contributed by atoms with E-state index in [0.29, 0.717) is 12.4 Å². The highest BCUT2D eigenvalue weighted by atomic mass is 35.5. The molecule has 0 bridgehead atoms. The third-order valence-corrected chi connectivity index (χ3v) is 4.10. The molecule has 1 atom stereocenters. The SMILES string of the molecule is CC(C)(Cc1cccs1)NCC(O)COc1ccnc(Cl)n1. The Hall–Kier alpha value is -1.21. The molecule has 0 aliphatic rings. The van der Waals surface area contributed by atoms with Gasteiger partial charge in [0.25, 0.3) is 0 Å². The number of hydrogen-bond donors (Lipinski definition) is 2. The lowest BCUT2D eigenvalue weighted by molar-refractivity contribution is 0.0965. The summed E-state index contributed by atoms with van der Waals surface area (Å²) in [6, 6.07) is 5.77. The summed E-state index contributed by atoms with van der Waals surface area (Å²) in [5, 5.41) is 15.6. The highest BCUT2D eigenvalue weighted by Crippen LogP contribution is 2.17. The molecule has 7 heteroatoms. The summed E-state index contributed by atoms with van der Waals surface area (Å²) in [6.07, 6.45) is 1.80. The van der Waals surface area contributed by atoms with E-state index in [-0.39, 0.29) is 17.4 Å². The van der Waals surface area contributed by atoms with Gasteiger partial charge in [0.05, 0.1) is 0 Å². The molecule has 2 aromatic rings. The molecule has 0 amide bonds. The predicted molar refractivity (Wildman–Crippen MR) is 88.6 cm³/mol. The van der Waals surface area contributed by atoms with Gasteiger partial charge in [-0.3, -0.25) is 0 Å². The summed E-state index contributed by atoms with van der Waals surface area (Å²) < 4.78 is 5.40. The minimum absolute atomic E-state index is 0.0932. The van der Waals surface area contributed by atoms with Crippen LogP contribution in [0.2, 0.25) is 5.28 Å². The van der Waals surface area contributed by atoms with E-state index in [1.807, 2.05) is 6.07 Å². The number of rotatable bonds is 8.